The molecule has 1 amide bonds. The molecule has 3 N–H and O–H groups in total. The lowest BCUT2D eigenvalue weighted by Gasteiger charge is -2.16. The lowest BCUT2D eigenvalue weighted by atomic mass is 10.2. The Labute approximate surface area is 163 Å². The minimum absolute atomic E-state index is 0. The van der Waals surface area contributed by atoms with Gasteiger partial charge >= 0.3 is 0 Å². The monoisotopic (exact) mass is 446 g/mol. The standard InChI is InChI=1S/C18H30N4O.HI/c1-5-9-17(23)22-16-11-8-10-15(12-16)13-20-18(19-7-3)21-14(4)6-2;/h8,10-12,14H,5-7,9,13H2,1-4H3,(H,22,23)(H2,19,20,21);1H. The molecule has 5 nitrogen and oxygen atoms in total. The van der Waals surface area contributed by atoms with Gasteiger partial charge in [0.05, 0.1) is 6.54 Å². The minimum Gasteiger partial charge on any atom is -0.357 e. The van der Waals surface area contributed by atoms with Crippen molar-refractivity contribution in [2.45, 2.75) is 59.5 Å². The van der Waals surface area contributed by atoms with Crippen molar-refractivity contribution in [2.24, 2.45) is 4.99 Å². The molecular formula is C18H31IN4O. The van der Waals surface area contributed by atoms with Gasteiger partial charge in [0.1, 0.15) is 0 Å². The smallest absolute Gasteiger partial charge is 0.224 e. The van der Waals surface area contributed by atoms with Crippen molar-refractivity contribution in [1.29, 1.82) is 0 Å². The van der Waals surface area contributed by atoms with Crippen LogP contribution < -0.4 is 16.0 Å². The van der Waals surface area contributed by atoms with Gasteiger partial charge in [0.2, 0.25) is 5.91 Å². The summed E-state index contributed by atoms with van der Waals surface area (Å²) in [7, 11) is 0. The van der Waals surface area contributed by atoms with Crippen LogP contribution in [0.2, 0.25) is 0 Å². The zero-order valence-corrected chi connectivity index (χ0v) is 17.5. The first-order valence-corrected chi connectivity index (χ1v) is 8.52. The largest absolute Gasteiger partial charge is 0.357 e. The number of nitrogens with one attached hydrogen (secondary N) is 3. The van der Waals surface area contributed by atoms with E-state index in [1.165, 1.54) is 0 Å². The van der Waals surface area contributed by atoms with Gasteiger partial charge in [-0.15, -0.1) is 24.0 Å². The molecule has 0 aliphatic rings. The van der Waals surface area contributed by atoms with Crippen molar-refractivity contribution in [3.05, 3.63) is 29.8 Å². The molecule has 0 aromatic heterocycles. The van der Waals surface area contributed by atoms with Crippen molar-refractivity contribution in [2.75, 3.05) is 11.9 Å². The second kappa shape index (κ2) is 13.0. The molecule has 0 aliphatic carbocycles. The third kappa shape index (κ3) is 9.10. The van der Waals surface area contributed by atoms with Gasteiger partial charge in [-0.05, 0) is 44.4 Å². The summed E-state index contributed by atoms with van der Waals surface area (Å²) in [5, 5.41) is 9.54. The zero-order chi connectivity index (χ0) is 17.1. The number of benzene rings is 1. The number of anilines is 1. The van der Waals surface area contributed by atoms with E-state index in [1.54, 1.807) is 0 Å². The number of hydrogen-bond acceptors (Lipinski definition) is 2. The summed E-state index contributed by atoms with van der Waals surface area (Å²) in [6.45, 7) is 9.73. The Hall–Kier alpha value is -1.31. The topological polar surface area (TPSA) is 65.5 Å². The molecule has 0 radical (unpaired) electrons. The first-order valence-electron chi connectivity index (χ1n) is 8.52. The van der Waals surface area contributed by atoms with Gasteiger partial charge in [-0.3, -0.25) is 4.79 Å². The Balaban J connectivity index is 0.00000529. The van der Waals surface area contributed by atoms with Crippen molar-refractivity contribution >= 4 is 41.5 Å². The summed E-state index contributed by atoms with van der Waals surface area (Å²) < 4.78 is 0. The molecule has 0 bridgehead atoms. The summed E-state index contributed by atoms with van der Waals surface area (Å²) >= 11 is 0. The van der Waals surface area contributed by atoms with Gasteiger partial charge in [-0.25, -0.2) is 4.99 Å². The van der Waals surface area contributed by atoms with E-state index in [0.29, 0.717) is 19.0 Å². The van der Waals surface area contributed by atoms with Crippen LogP contribution in [0.25, 0.3) is 0 Å². The van der Waals surface area contributed by atoms with Gasteiger partial charge in [0.15, 0.2) is 5.96 Å². The Morgan fingerprint density at radius 2 is 2.00 bits per heavy atom. The molecule has 136 valence electrons. The van der Waals surface area contributed by atoms with E-state index < -0.39 is 0 Å². The fraction of sp³-hybridized carbons (Fsp3) is 0.556. The van der Waals surface area contributed by atoms with E-state index in [-0.39, 0.29) is 29.9 Å². The molecule has 1 unspecified atom stereocenters. The van der Waals surface area contributed by atoms with Crippen molar-refractivity contribution < 1.29 is 4.79 Å². The lowest BCUT2D eigenvalue weighted by Crippen LogP contribution is -2.41. The Morgan fingerprint density at radius 1 is 1.25 bits per heavy atom. The number of rotatable bonds is 8. The summed E-state index contributed by atoms with van der Waals surface area (Å²) in [5.74, 6) is 0.877. The van der Waals surface area contributed by atoms with Crippen LogP contribution in [0.15, 0.2) is 29.3 Å². The molecule has 0 heterocycles. The molecule has 6 heteroatoms. The van der Waals surface area contributed by atoms with Gasteiger partial charge in [0.25, 0.3) is 0 Å². The number of hydrogen-bond donors (Lipinski definition) is 3. The van der Waals surface area contributed by atoms with E-state index in [0.717, 1.165) is 36.6 Å². The molecule has 1 aromatic rings. The quantitative estimate of drug-likeness (QED) is 0.323. The highest BCUT2D eigenvalue weighted by atomic mass is 127. The van der Waals surface area contributed by atoms with Crippen LogP contribution in [0.5, 0.6) is 0 Å². The van der Waals surface area contributed by atoms with Crippen LogP contribution >= 0.6 is 24.0 Å². The normalized spacial score (nSPS) is 12.1. The predicted molar refractivity (Wildman–Crippen MR) is 113 cm³/mol. The molecule has 1 aromatic carbocycles. The van der Waals surface area contributed by atoms with Crippen molar-refractivity contribution in [3.8, 4) is 0 Å². The van der Waals surface area contributed by atoms with E-state index in [2.05, 4.69) is 41.7 Å². The summed E-state index contributed by atoms with van der Waals surface area (Å²) in [6, 6.07) is 8.23. The average molecular weight is 446 g/mol. The highest BCUT2D eigenvalue weighted by molar-refractivity contribution is 14.0. The molecule has 0 saturated carbocycles. The van der Waals surface area contributed by atoms with Crippen molar-refractivity contribution in [1.82, 2.24) is 10.6 Å². The Morgan fingerprint density at radius 3 is 2.62 bits per heavy atom. The number of guanidine groups is 1. The van der Waals surface area contributed by atoms with Crippen LogP contribution in [0.4, 0.5) is 5.69 Å². The maximum absolute atomic E-state index is 11.7. The third-order valence-electron chi connectivity index (χ3n) is 3.45. The maximum atomic E-state index is 11.7. The number of carbonyl (C=O) groups is 1. The van der Waals surface area contributed by atoms with Crippen LogP contribution in [0, 0.1) is 0 Å². The maximum Gasteiger partial charge on any atom is 0.224 e. The number of nitrogens with zero attached hydrogens (tertiary/aromatic N) is 1. The second-order valence-corrected chi connectivity index (χ2v) is 5.65. The zero-order valence-electron chi connectivity index (χ0n) is 15.2. The van der Waals surface area contributed by atoms with Crippen LogP contribution in [-0.2, 0) is 11.3 Å². The SMILES string of the molecule is CCCC(=O)Nc1cccc(CN=C(NCC)NC(C)CC)c1.I. The van der Waals surface area contributed by atoms with Gasteiger partial charge in [-0.1, -0.05) is 26.0 Å². The molecule has 1 rings (SSSR count). The highest BCUT2D eigenvalue weighted by Gasteiger charge is 2.04. The minimum atomic E-state index is 0. The molecule has 0 saturated heterocycles. The molecule has 0 aliphatic heterocycles. The number of aliphatic imine (C=N–C) groups is 1. The van der Waals surface area contributed by atoms with Crippen LogP contribution in [-0.4, -0.2) is 24.5 Å². The van der Waals surface area contributed by atoms with Gasteiger partial charge in [0, 0.05) is 24.7 Å². The molecule has 0 spiro atoms. The van der Waals surface area contributed by atoms with E-state index in [9.17, 15) is 4.79 Å². The summed E-state index contributed by atoms with van der Waals surface area (Å²) in [6.07, 6.45) is 2.44. The molecular weight excluding hydrogens is 415 g/mol. The van der Waals surface area contributed by atoms with E-state index in [4.69, 9.17) is 0 Å². The highest BCUT2D eigenvalue weighted by Crippen LogP contribution is 2.12. The molecule has 1 atom stereocenters. The summed E-state index contributed by atoms with van der Waals surface area (Å²) in [5.41, 5.74) is 1.90. The Bertz CT molecular complexity index is 519. The first-order chi connectivity index (χ1) is 11.1. The Kier molecular flexibility index (Phi) is 12.3. The molecule has 0 fully saturated rings. The predicted octanol–water partition coefficient (Wildman–Crippen LogP) is 3.90. The fourth-order valence-electron chi connectivity index (χ4n) is 2.02. The third-order valence-corrected chi connectivity index (χ3v) is 3.45. The second-order valence-electron chi connectivity index (χ2n) is 5.65. The number of halogens is 1. The van der Waals surface area contributed by atoms with Crippen molar-refractivity contribution in [3.63, 3.8) is 0 Å². The summed E-state index contributed by atoms with van der Waals surface area (Å²) in [4.78, 5) is 16.3. The van der Waals surface area contributed by atoms with Crippen LogP contribution in [0.1, 0.15) is 52.5 Å². The van der Waals surface area contributed by atoms with E-state index in [1.807, 2.05) is 31.2 Å². The number of amides is 1. The number of carbonyl (C=O) groups excluding carboxylic acids is 1. The van der Waals surface area contributed by atoms with Gasteiger partial charge < -0.3 is 16.0 Å². The first kappa shape index (κ1) is 22.7. The van der Waals surface area contributed by atoms with Gasteiger partial charge in [-0.2, -0.15) is 0 Å². The average Bonchev–Trinajstić information content (AvgIpc) is 2.53. The lowest BCUT2D eigenvalue weighted by molar-refractivity contribution is -0.116. The van der Waals surface area contributed by atoms with Crippen LogP contribution in [0.3, 0.4) is 0 Å². The fourth-order valence-corrected chi connectivity index (χ4v) is 2.02. The molecule has 24 heavy (non-hydrogen) atoms. The van der Waals surface area contributed by atoms with E-state index >= 15 is 0 Å².